The van der Waals surface area contributed by atoms with Crippen LogP contribution in [0.5, 0.6) is 11.5 Å². The van der Waals surface area contributed by atoms with Gasteiger partial charge in [0.15, 0.2) is 0 Å². The number of benzene rings is 2. The molecule has 5 nitrogen and oxygen atoms in total. The number of rotatable bonds is 7. The maximum Gasteiger partial charge on any atom is 0.226 e. The van der Waals surface area contributed by atoms with Crippen molar-refractivity contribution in [2.75, 3.05) is 33.9 Å². The fraction of sp³-hybridized carbons (Fsp3) is 0.381. The van der Waals surface area contributed by atoms with Crippen LogP contribution < -0.4 is 14.8 Å². The van der Waals surface area contributed by atoms with Gasteiger partial charge in [-0.05, 0) is 42.8 Å². The fourth-order valence-electron chi connectivity index (χ4n) is 3.15. The summed E-state index contributed by atoms with van der Waals surface area (Å²) >= 11 is 0. The highest BCUT2D eigenvalue weighted by atomic mass is 16.5. The van der Waals surface area contributed by atoms with E-state index in [0.717, 1.165) is 30.2 Å². The van der Waals surface area contributed by atoms with Gasteiger partial charge in [-0.2, -0.15) is 0 Å². The standard InChI is InChI=1S/C21H26N2O3/c1-23(14-16-6-4-3-5-7-16)11-10-22-21(24)18-12-17-13-19(25-2)8-9-20(17)26-15-18/h3-9,13,18H,10-12,14-15H2,1-2H3,(H,22,24). The molecule has 0 saturated heterocycles. The SMILES string of the molecule is COc1ccc2c(c1)CC(C(=O)NCCN(C)Cc1ccccc1)CO2. The average Bonchev–Trinajstić information content (AvgIpc) is 2.67. The van der Waals surface area contributed by atoms with Crippen molar-refractivity contribution in [2.24, 2.45) is 5.92 Å². The molecule has 0 aliphatic carbocycles. The molecule has 1 atom stereocenters. The third-order valence-corrected chi connectivity index (χ3v) is 4.63. The molecule has 1 aliphatic rings. The normalized spacial score (nSPS) is 15.9. The van der Waals surface area contributed by atoms with Crippen molar-refractivity contribution in [3.63, 3.8) is 0 Å². The van der Waals surface area contributed by atoms with Crippen molar-refractivity contribution in [1.82, 2.24) is 10.2 Å². The first kappa shape index (κ1) is 18.3. The summed E-state index contributed by atoms with van der Waals surface area (Å²) < 4.78 is 11.0. The van der Waals surface area contributed by atoms with E-state index in [1.807, 2.05) is 36.4 Å². The molecule has 1 N–H and O–H groups in total. The minimum atomic E-state index is -0.158. The fourth-order valence-corrected chi connectivity index (χ4v) is 3.15. The third-order valence-electron chi connectivity index (χ3n) is 4.63. The minimum absolute atomic E-state index is 0.0478. The molecule has 2 aromatic rings. The zero-order chi connectivity index (χ0) is 18.4. The van der Waals surface area contributed by atoms with Crippen molar-refractivity contribution >= 4 is 5.91 Å². The Morgan fingerprint density at radius 2 is 2.08 bits per heavy atom. The summed E-state index contributed by atoms with van der Waals surface area (Å²) in [5, 5.41) is 3.04. The van der Waals surface area contributed by atoms with Crippen molar-refractivity contribution in [1.29, 1.82) is 0 Å². The van der Waals surface area contributed by atoms with Crippen LogP contribution in [-0.4, -0.2) is 44.7 Å². The minimum Gasteiger partial charge on any atom is -0.497 e. The molecular formula is C21H26N2O3. The van der Waals surface area contributed by atoms with Crippen LogP contribution in [0.3, 0.4) is 0 Å². The van der Waals surface area contributed by atoms with E-state index in [9.17, 15) is 4.79 Å². The van der Waals surface area contributed by atoms with Crippen LogP contribution in [0.25, 0.3) is 0 Å². The number of ether oxygens (including phenoxy) is 2. The van der Waals surface area contributed by atoms with E-state index in [0.29, 0.717) is 19.6 Å². The molecular weight excluding hydrogens is 328 g/mol. The van der Waals surface area contributed by atoms with Crippen LogP contribution in [-0.2, 0) is 17.8 Å². The Balaban J connectivity index is 1.45. The van der Waals surface area contributed by atoms with Gasteiger partial charge in [-0.1, -0.05) is 30.3 Å². The van der Waals surface area contributed by atoms with Crippen molar-refractivity contribution < 1.29 is 14.3 Å². The largest absolute Gasteiger partial charge is 0.497 e. The number of amides is 1. The lowest BCUT2D eigenvalue weighted by Gasteiger charge is -2.25. The number of nitrogens with one attached hydrogen (secondary N) is 1. The second-order valence-corrected chi connectivity index (χ2v) is 6.70. The van der Waals surface area contributed by atoms with Crippen LogP contribution in [0.4, 0.5) is 0 Å². The summed E-state index contributed by atoms with van der Waals surface area (Å²) in [6.07, 6.45) is 0.679. The van der Waals surface area contributed by atoms with Crippen molar-refractivity contribution in [3.05, 3.63) is 59.7 Å². The maximum absolute atomic E-state index is 12.5. The molecule has 1 aliphatic heterocycles. The Bertz CT molecular complexity index is 733. The Hall–Kier alpha value is -2.53. The summed E-state index contributed by atoms with van der Waals surface area (Å²) in [5.74, 6) is 1.52. The van der Waals surface area contributed by atoms with Crippen LogP contribution in [0.2, 0.25) is 0 Å². The molecule has 3 rings (SSSR count). The molecule has 0 spiro atoms. The number of likely N-dealkylation sites (N-methyl/N-ethyl adjacent to an activating group) is 1. The van der Waals surface area contributed by atoms with Crippen molar-refractivity contribution in [2.45, 2.75) is 13.0 Å². The van der Waals surface area contributed by atoms with Crippen molar-refractivity contribution in [3.8, 4) is 11.5 Å². The monoisotopic (exact) mass is 354 g/mol. The average molecular weight is 354 g/mol. The first-order valence-electron chi connectivity index (χ1n) is 8.95. The summed E-state index contributed by atoms with van der Waals surface area (Å²) in [6.45, 7) is 2.73. The molecule has 0 fully saturated rings. The maximum atomic E-state index is 12.5. The van der Waals surface area contributed by atoms with E-state index in [4.69, 9.17) is 9.47 Å². The van der Waals surface area contributed by atoms with Gasteiger partial charge >= 0.3 is 0 Å². The molecule has 138 valence electrons. The number of methoxy groups -OCH3 is 1. The van der Waals surface area contributed by atoms with Crippen LogP contribution in [0, 0.1) is 5.92 Å². The summed E-state index contributed by atoms with van der Waals surface area (Å²) in [7, 11) is 3.70. The Labute approximate surface area is 154 Å². The van der Waals surface area contributed by atoms with Crippen LogP contribution >= 0.6 is 0 Å². The predicted octanol–water partition coefficient (Wildman–Crippen LogP) is 2.49. The second-order valence-electron chi connectivity index (χ2n) is 6.70. The van der Waals surface area contributed by atoms with Gasteiger partial charge in [0.2, 0.25) is 5.91 Å². The van der Waals surface area contributed by atoms with E-state index in [1.165, 1.54) is 5.56 Å². The number of nitrogens with zero attached hydrogens (tertiary/aromatic N) is 1. The van der Waals surface area contributed by atoms with Gasteiger partial charge in [0, 0.05) is 19.6 Å². The lowest BCUT2D eigenvalue weighted by atomic mass is 9.96. The van der Waals surface area contributed by atoms with E-state index >= 15 is 0 Å². The first-order chi connectivity index (χ1) is 12.7. The Morgan fingerprint density at radius 1 is 1.27 bits per heavy atom. The number of fused-ring (bicyclic) bond motifs is 1. The van der Waals surface area contributed by atoms with Crippen LogP contribution in [0.1, 0.15) is 11.1 Å². The van der Waals surface area contributed by atoms with Gasteiger partial charge in [0.25, 0.3) is 0 Å². The molecule has 0 aromatic heterocycles. The third kappa shape index (κ3) is 4.76. The molecule has 0 bridgehead atoms. The molecule has 5 heteroatoms. The quantitative estimate of drug-likeness (QED) is 0.830. The summed E-state index contributed by atoms with van der Waals surface area (Å²) in [5.41, 5.74) is 2.30. The lowest BCUT2D eigenvalue weighted by Crippen LogP contribution is -2.40. The van der Waals surface area contributed by atoms with Gasteiger partial charge in [-0.25, -0.2) is 0 Å². The molecule has 2 aromatic carbocycles. The summed E-state index contributed by atoms with van der Waals surface area (Å²) in [6, 6.07) is 16.1. The number of carbonyl (C=O) groups excluding carboxylic acids is 1. The van der Waals surface area contributed by atoms with Gasteiger partial charge in [-0.3, -0.25) is 4.79 Å². The Kier molecular flexibility index (Phi) is 6.12. The van der Waals surface area contributed by atoms with E-state index in [2.05, 4.69) is 29.4 Å². The molecule has 1 amide bonds. The topological polar surface area (TPSA) is 50.8 Å². The summed E-state index contributed by atoms with van der Waals surface area (Å²) in [4.78, 5) is 14.7. The first-order valence-corrected chi connectivity index (χ1v) is 8.95. The Morgan fingerprint density at radius 3 is 2.85 bits per heavy atom. The molecule has 1 heterocycles. The molecule has 0 radical (unpaired) electrons. The highest BCUT2D eigenvalue weighted by Crippen LogP contribution is 2.30. The smallest absolute Gasteiger partial charge is 0.226 e. The second kappa shape index (κ2) is 8.72. The van der Waals surface area contributed by atoms with Gasteiger partial charge in [0.1, 0.15) is 18.1 Å². The number of hydrogen-bond donors (Lipinski definition) is 1. The molecule has 0 saturated carbocycles. The number of hydrogen-bond acceptors (Lipinski definition) is 4. The highest BCUT2D eigenvalue weighted by molar-refractivity contribution is 5.79. The zero-order valence-corrected chi connectivity index (χ0v) is 15.4. The van der Waals surface area contributed by atoms with Crippen LogP contribution in [0.15, 0.2) is 48.5 Å². The number of carbonyl (C=O) groups is 1. The van der Waals surface area contributed by atoms with E-state index in [-0.39, 0.29) is 11.8 Å². The van der Waals surface area contributed by atoms with E-state index < -0.39 is 0 Å². The van der Waals surface area contributed by atoms with Gasteiger partial charge in [0.05, 0.1) is 13.0 Å². The molecule has 1 unspecified atom stereocenters. The van der Waals surface area contributed by atoms with Gasteiger partial charge in [-0.15, -0.1) is 0 Å². The predicted molar refractivity (Wildman–Crippen MR) is 101 cm³/mol. The zero-order valence-electron chi connectivity index (χ0n) is 15.4. The lowest BCUT2D eigenvalue weighted by molar-refractivity contribution is -0.126. The highest BCUT2D eigenvalue weighted by Gasteiger charge is 2.26. The molecule has 26 heavy (non-hydrogen) atoms. The van der Waals surface area contributed by atoms with Gasteiger partial charge < -0.3 is 19.7 Å². The van der Waals surface area contributed by atoms with E-state index in [1.54, 1.807) is 7.11 Å².